The van der Waals surface area contributed by atoms with E-state index in [1.807, 2.05) is 12.1 Å². The molecule has 2 aliphatic rings. The molecule has 0 saturated carbocycles. The second-order valence-electron chi connectivity index (χ2n) is 8.74. The first kappa shape index (κ1) is 26.3. The summed E-state index contributed by atoms with van der Waals surface area (Å²) in [5.74, 6) is 1.33. The zero-order chi connectivity index (χ0) is 25.6. The fraction of sp³-hybridized carbons (Fsp3) is 0.308. The molecule has 34 heavy (non-hydrogen) atoms. The van der Waals surface area contributed by atoms with Gasteiger partial charge in [-0.25, -0.2) is 0 Å². The van der Waals surface area contributed by atoms with Crippen LogP contribution in [0.25, 0.3) is 0 Å². The van der Waals surface area contributed by atoms with Gasteiger partial charge in [0.05, 0.1) is 0 Å². The fourth-order valence-electron chi connectivity index (χ4n) is 3.83. The van der Waals surface area contributed by atoms with Crippen molar-refractivity contribution in [1.29, 1.82) is 0 Å². The molecule has 2 aromatic rings. The van der Waals surface area contributed by atoms with Crippen LogP contribution in [0.15, 0.2) is 70.0 Å². The van der Waals surface area contributed by atoms with Crippen LogP contribution in [0.4, 0.5) is 0 Å². The molecule has 0 amide bonds. The Balaban J connectivity index is 0.000000191. The molecule has 8 heteroatoms. The number of fused-ring (bicyclic) bond motifs is 2. The molecular weight excluding hydrogens is 568 g/mol. The maximum absolute atomic E-state index is 11.7. The predicted octanol–water partition coefficient (Wildman–Crippen LogP) is 5.97. The molecule has 6 nitrogen and oxygen atoms in total. The summed E-state index contributed by atoms with van der Waals surface area (Å²) in [7, 11) is 0. The molecule has 0 radical (unpaired) electrons. The largest absolute Gasteiger partial charge is 0.461 e. The van der Waals surface area contributed by atoms with Crippen molar-refractivity contribution in [2.24, 2.45) is 10.8 Å². The number of rotatable bonds is 2. The van der Waals surface area contributed by atoms with Gasteiger partial charge in [-0.3, -0.25) is 9.59 Å². The van der Waals surface area contributed by atoms with Crippen LogP contribution >= 0.6 is 31.9 Å². The average Bonchev–Trinajstić information content (AvgIpc) is 2.77. The van der Waals surface area contributed by atoms with Gasteiger partial charge in [-0.05, 0) is 64.1 Å². The molecule has 0 aromatic heterocycles. The number of ketones is 2. The van der Waals surface area contributed by atoms with Crippen molar-refractivity contribution >= 4 is 43.4 Å². The van der Waals surface area contributed by atoms with E-state index in [4.69, 9.17) is 9.47 Å². The molecule has 2 aliphatic heterocycles. The molecule has 0 bridgehead atoms. The number of Topliss-reactive ketones (excluding diaryl/α,β-unsaturated/α-hetero) is 2. The van der Waals surface area contributed by atoms with Crippen LogP contribution in [-0.4, -0.2) is 21.8 Å². The molecule has 4 rings (SSSR count). The summed E-state index contributed by atoms with van der Waals surface area (Å²) in [6.07, 6.45) is -1.87. The predicted molar refractivity (Wildman–Crippen MR) is 135 cm³/mol. The van der Waals surface area contributed by atoms with Crippen LogP contribution < -0.4 is 9.47 Å². The van der Waals surface area contributed by atoms with Gasteiger partial charge in [0.2, 0.25) is 0 Å². The molecule has 2 N–H and O–H groups in total. The van der Waals surface area contributed by atoms with Crippen LogP contribution in [0, 0.1) is 10.8 Å². The van der Waals surface area contributed by atoms with Crippen LogP contribution in [-0.2, 0) is 9.59 Å². The molecule has 2 heterocycles. The van der Waals surface area contributed by atoms with Gasteiger partial charge in [0.25, 0.3) is 0 Å². The highest BCUT2D eigenvalue weighted by molar-refractivity contribution is 9.10. The number of carbonyl (C=O) groups is 2. The number of halogens is 2. The molecule has 0 saturated heterocycles. The lowest BCUT2D eigenvalue weighted by Crippen LogP contribution is -2.39. The monoisotopic (exact) mass is 592 g/mol. The second kappa shape index (κ2) is 9.41. The summed E-state index contributed by atoms with van der Waals surface area (Å²) < 4.78 is 12.7. The van der Waals surface area contributed by atoms with Crippen molar-refractivity contribution in [1.82, 2.24) is 0 Å². The Bertz CT molecular complexity index is 1110. The number of aliphatic hydroxyl groups is 2. The van der Waals surface area contributed by atoms with Crippen molar-refractivity contribution in [3.63, 3.8) is 0 Å². The summed E-state index contributed by atoms with van der Waals surface area (Å²) in [5, 5.41) is 20.7. The van der Waals surface area contributed by atoms with Crippen molar-refractivity contribution in [2.75, 3.05) is 0 Å². The molecule has 0 aliphatic carbocycles. The lowest BCUT2D eigenvalue weighted by molar-refractivity contribution is -0.133. The van der Waals surface area contributed by atoms with Crippen molar-refractivity contribution in [3.8, 4) is 11.5 Å². The fourth-order valence-corrected chi connectivity index (χ4v) is 4.59. The van der Waals surface area contributed by atoms with E-state index in [-0.39, 0.29) is 23.1 Å². The average molecular weight is 594 g/mol. The third kappa shape index (κ3) is 4.28. The zero-order valence-corrected chi connectivity index (χ0v) is 22.5. The van der Waals surface area contributed by atoms with Crippen molar-refractivity contribution in [2.45, 2.75) is 39.9 Å². The minimum Gasteiger partial charge on any atom is -0.461 e. The topological polar surface area (TPSA) is 93.1 Å². The number of ether oxygens (including phenoxy) is 2. The molecule has 0 fully saturated rings. The number of hydrogen-bond acceptors (Lipinski definition) is 6. The van der Waals surface area contributed by atoms with Crippen molar-refractivity contribution < 1.29 is 29.3 Å². The van der Waals surface area contributed by atoms with Crippen LogP contribution in [0.5, 0.6) is 11.5 Å². The molecular formula is C26H26Br2O6. The third-order valence-corrected chi connectivity index (χ3v) is 7.70. The Kier molecular flexibility index (Phi) is 7.30. The minimum atomic E-state index is -1.09. The standard InChI is InChI=1S/2C13H13BrO3/c2*1-7(15)13(3)8(2)17-11-5-4-9(14)6-10(11)12(13)16/h2*4-6,12,16H,2H2,1,3H3/t2*12-,13-/m00/s1. The van der Waals surface area contributed by atoms with Crippen LogP contribution in [0.1, 0.15) is 51.0 Å². The maximum Gasteiger partial charge on any atom is 0.146 e. The Hall–Kier alpha value is -2.26. The van der Waals surface area contributed by atoms with Crippen LogP contribution in [0.2, 0.25) is 0 Å². The van der Waals surface area contributed by atoms with E-state index in [1.54, 1.807) is 38.1 Å². The summed E-state index contributed by atoms with van der Waals surface area (Å²) in [6, 6.07) is 10.6. The number of aliphatic hydroxyl groups excluding tert-OH is 2. The van der Waals surface area contributed by atoms with Gasteiger partial charge in [0.1, 0.15) is 57.6 Å². The molecule has 4 atom stereocenters. The number of benzene rings is 2. The number of carbonyl (C=O) groups excluding carboxylic acids is 2. The first-order chi connectivity index (χ1) is 15.7. The van der Waals surface area contributed by atoms with Gasteiger partial charge in [0, 0.05) is 20.1 Å². The van der Waals surface area contributed by atoms with Gasteiger partial charge in [-0.15, -0.1) is 0 Å². The van der Waals surface area contributed by atoms with E-state index >= 15 is 0 Å². The van der Waals surface area contributed by atoms with Crippen LogP contribution in [0.3, 0.4) is 0 Å². The van der Waals surface area contributed by atoms with Gasteiger partial charge in [-0.2, -0.15) is 0 Å². The second-order valence-corrected chi connectivity index (χ2v) is 10.6. The summed E-state index contributed by atoms with van der Waals surface area (Å²) in [5.41, 5.74) is -0.976. The highest BCUT2D eigenvalue weighted by Gasteiger charge is 2.48. The van der Waals surface area contributed by atoms with Gasteiger partial charge in [-0.1, -0.05) is 45.0 Å². The zero-order valence-electron chi connectivity index (χ0n) is 19.3. The Morgan fingerprint density at radius 2 is 1.12 bits per heavy atom. The normalized spacial score (nSPS) is 27.3. The van der Waals surface area contributed by atoms with E-state index in [9.17, 15) is 19.8 Å². The van der Waals surface area contributed by atoms with Gasteiger partial charge in [0.15, 0.2) is 0 Å². The van der Waals surface area contributed by atoms with E-state index in [2.05, 4.69) is 45.0 Å². The minimum absolute atomic E-state index is 0.166. The SMILES string of the molecule is C=C1Oc2ccc(Br)cc2[C@H](O)[C@@]1(C)C(C)=O.C=C1Oc2ccc(Br)cc2[C@H](O)[C@@]1(C)C(C)=O. The Morgan fingerprint density at radius 3 is 1.41 bits per heavy atom. The number of hydrogen-bond donors (Lipinski definition) is 2. The van der Waals surface area contributed by atoms with E-state index < -0.39 is 23.0 Å². The van der Waals surface area contributed by atoms with E-state index in [0.29, 0.717) is 22.6 Å². The molecule has 0 spiro atoms. The maximum atomic E-state index is 11.7. The Morgan fingerprint density at radius 1 is 0.794 bits per heavy atom. The molecule has 180 valence electrons. The molecule has 0 unspecified atom stereocenters. The van der Waals surface area contributed by atoms with Gasteiger partial charge >= 0.3 is 0 Å². The third-order valence-electron chi connectivity index (χ3n) is 6.71. The smallest absolute Gasteiger partial charge is 0.146 e. The summed E-state index contributed by atoms with van der Waals surface area (Å²) in [4.78, 5) is 23.4. The Labute approximate surface area is 215 Å². The van der Waals surface area contributed by atoms with E-state index in [0.717, 1.165) is 8.95 Å². The lowest BCUT2D eigenvalue weighted by atomic mass is 9.74. The quantitative estimate of drug-likeness (QED) is 0.446. The molecule has 2 aromatic carbocycles. The first-order valence-corrected chi connectivity index (χ1v) is 12.0. The van der Waals surface area contributed by atoms with E-state index in [1.165, 1.54) is 13.8 Å². The van der Waals surface area contributed by atoms with Crippen molar-refractivity contribution in [3.05, 3.63) is 81.1 Å². The highest BCUT2D eigenvalue weighted by atomic mass is 79.9. The summed E-state index contributed by atoms with van der Waals surface area (Å²) in [6.45, 7) is 13.6. The lowest BCUT2D eigenvalue weighted by Gasteiger charge is -2.38. The first-order valence-electron chi connectivity index (χ1n) is 10.5. The highest BCUT2D eigenvalue weighted by Crippen LogP contribution is 2.50. The summed E-state index contributed by atoms with van der Waals surface area (Å²) >= 11 is 6.67. The van der Waals surface area contributed by atoms with Gasteiger partial charge < -0.3 is 19.7 Å².